The molecule has 1 saturated carbocycles. The van der Waals surface area contributed by atoms with E-state index in [1.54, 1.807) is 10.7 Å². The first-order valence-corrected chi connectivity index (χ1v) is 13.4. The van der Waals surface area contributed by atoms with Crippen molar-refractivity contribution in [3.05, 3.63) is 69.8 Å². The third-order valence-electron chi connectivity index (χ3n) is 6.03. The molecule has 194 valence electrons. The Morgan fingerprint density at radius 3 is 2.83 bits per heavy atom. The summed E-state index contributed by atoms with van der Waals surface area (Å²) in [5, 5.41) is 43.9. The lowest BCUT2D eigenvalue weighted by Gasteiger charge is -2.18. The Hall–Kier alpha value is -2.46. The average molecular weight is 583 g/mol. The van der Waals surface area contributed by atoms with Gasteiger partial charge in [-0.25, -0.2) is 15.1 Å². The average Bonchev–Trinajstić information content (AvgIpc) is 3.39. The highest BCUT2D eigenvalue weighted by Gasteiger charge is 2.35. The van der Waals surface area contributed by atoms with Crippen molar-refractivity contribution in [3.8, 4) is 0 Å². The fourth-order valence-corrected chi connectivity index (χ4v) is 5.09. The molecule has 14 heteroatoms. The summed E-state index contributed by atoms with van der Waals surface area (Å²) < 4.78 is 29.3. The molecule has 0 radical (unpaired) electrons. The van der Waals surface area contributed by atoms with Crippen molar-refractivity contribution in [2.45, 2.75) is 44.2 Å². The van der Waals surface area contributed by atoms with Gasteiger partial charge in [0.25, 0.3) is 0 Å². The van der Waals surface area contributed by atoms with E-state index < -0.39 is 28.4 Å². The second-order valence-electron chi connectivity index (χ2n) is 8.65. The zero-order chi connectivity index (χ0) is 25.9. The van der Waals surface area contributed by atoms with Gasteiger partial charge in [0.05, 0.1) is 37.3 Å². The SMILES string of the molecule is NS(=O)(=O)OCC1CC(Nc2ncncc2C(O)c2cc(CO)n(Cc3cccc(Br)c3)n2)CC1O. The highest BCUT2D eigenvalue weighted by molar-refractivity contribution is 9.10. The second-order valence-corrected chi connectivity index (χ2v) is 10.8. The van der Waals surface area contributed by atoms with Crippen LogP contribution in [0.15, 0.2) is 47.3 Å². The van der Waals surface area contributed by atoms with Crippen LogP contribution in [0, 0.1) is 5.92 Å². The van der Waals surface area contributed by atoms with Gasteiger partial charge in [-0.05, 0) is 36.6 Å². The monoisotopic (exact) mass is 582 g/mol. The molecule has 36 heavy (non-hydrogen) atoms. The van der Waals surface area contributed by atoms with E-state index in [0.717, 1.165) is 10.0 Å². The van der Waals surface area contributed by atoms with Gasteiger partial charge in [0.1, 0.15) is 18.2 Å². The summed E-state index contributed by atoms with van der Waals surface area (Å²) in [6.07, 6.45) is 1.56. The quantitative estimate of drug-likeness (QED) is 0.229. The molecule has 4 rings (SSSR count). The van der Waals surface area contributed by atoms with Crippen LogP contribution in [0.25, 0.3) is 0 Å². The predicted octanol–water partition coefficient (Wildman–Crippen LogP) is 0.829. The Bertz CT molecular complexity index is 1310. The topological polar surface area (TPSA) is 186 Å². The molecule has 0 bridgehead atoms. The number of aliphatic hydroxyl groups excluding tert-OH is 3. The van der Waals surface area contributed by atoms with Gasteiger partial charge in [0.2, 0.25) is 0 Å². The number of halogens is 1. The van der Waals surface area contributed by atoms with Crippen LogP contribution in [0.5, 0.6) is 0 Å². The van der Waals surface area contributed by atoms with Crippen molar-refractivity contribution >= 4 is 32.1 Å². The van der Waals surface area contributed by atoms with Gasteiger partial charge in [-0.2, -0.15) is 13.5 Å². The number of hydrogen-bond donors (Lipinski definition) is 5. The van der Waals surface area contributed by atoms with Crippen LogP contribution in [0.1, 0.15) is 41.5 Å². The Morgan fingerprint density at radius 1 is 1.31 bits per heavy atom. The minimum atomic E-state index is -4.10. The standard InChI is InChI=1S/C22H27BrN6O6S/c23-15-3-1-2-13(4-15)9-29-17(10-30)7-19(28-29)21(32)18-8-25-12-26-22(18)27-16-5-14(20(31)6-16)11-35-36(24,33)34/h1-4,7-8,12,14,16,20-21,30-32H,5-6,9-11H2,(H2,24,33,34)(H,25,26,27). The molecule has 2 heterocycles. The van der Waals surface area contributed by atoms with Crippen molar-refractivity contribution < 1.29 is 27.9 Å². The molecule has 6 N–H and O–H groups in total. The molecule has 2 aromatic heterocycles. The number of benzene rings is 1. The van der Waals surface area contributed by atoms with Crippen molar-refractivity contribution in [3.63, 3.8) is 0 Å². The minimum Gasteiger partial charge on any atom is -0.393 e. The molecule has 0 amide bonds. The van der Waals surface area contributed by atoms with Gasteiger partial charge in [-0.1, -0.05) is 28.1 Å². The number of aliphatic hydroxyl groups is 3. The fraction of sp³-hybridized carbons (Fsp3) is 0.409. The Labute approximate surface area is 216 Å². The van der Waals surface area contributed by atoms with Crippen molar-refractivity contribution in [2.75, 3.05) is 11.9 Å². The molecule has 0 aliphatic heterocycles. The minimum absolute atomic E-state index is 0.225. The van der Waals surface area contributed by atoms with Gasteiger partial charge in [-0.3, -0.25) is 8.86 Å². The number of aromatic nitrogens is 4. The summed E-state index contributed by atoms with van der Waals surface area (Å²) in [4.78, 5) is 8.28. The number of nitrogens with zero attached hydrogens (tertiary/aromatic N) is 4. The molecule has 12 nitrogen and oxygen atoms in total. The van der Waals surface area contributed by atoms with Gasteiger partial charge in [0.15, 0.2) is 0 Å². The summed E-state index contributed by atoms with van der Waals surface area (Å²) in [5.74, 6) is -0.0772. The fourth-order valence-electron chi connectivity index (χ4n) is 4.28. The maximum atomic E-state index is 11.1. The summed E-state index contributed by atoms with van der Waals surface area (Å²) >= 11 is 3.44. The van der Waals surface area contributed by atoms with Crippen LogP contribution in [0.4, 0.5) is 5.82 Å². The molecule has 1 aliphatic carbocycles. The Balaban J connectivity index is 1.50. The van der Waals surface area contributed by atoms with E-state index in [2.05, 4.69) is 40.5 Å². The molecule has 3 aromatic rings. The Kier molecular flexibility index (Phi) is 8.34. The molecule has 4 unspecified atom stereocenters. The van der Waals surface area contributed by atoms with E-state index in [4.69, 9.17) is 5.14 Å². The summed E-state index contributed by atoms with van der Waals surface area (Å²) in [7, 11) is -4.10. The van der Waals surface area contributed by atoms with E-state index >= 15 is 0 Å². The summed E-state index contributed by atoms with van der Waals surface area (Å²) in [6, 6.07) is 9.08. The van der Waals surface area contributed by atoms with Gasteiger partial charge in [-0.15, -0.1) is 0 Å². The molecule has 0 saturated heterocycles. The van der Waals surface area contributed by atoms with E-state index in [1.165, 1.54) is 12.5 Å². The van der Waals surface area contributed by atoms with Crippen LogP contribution >= 0.6 is 15.9 Å². The van der Waals surface area contributed by atoms with Crippen LogP contribution in [-0.2, 0) is 27.6 Å². The second kappa shape index (κ2) is 11.3. The summed E-state index contributed by atoms with van der Waals surface area (Å²) in [5.41, 5.74) is 2.19. The third-order valence-corrected chi connectivity index (χ3v) is 6.98. The first-order valence-electron chi connectivity index (χ1n) is 11.1. The van der Waals surface area contributed by atoms with Crippen molar-refractivity contribution in [1.82, 2.24) is 19.7 Å². The molecule has 1 fully saturated rings. The molecular formula is C22H27BrN6O6S. The maximum Gasteiger partial charge on any atom is 0.333 e. The largest absolute Gasteiger partial charge is 0.393 e. The van der Waals surface area contributed by atoms with Gasteiger partial charge >= 0.3 is 10.3 Å². The van der Waals surface area contributed by atoms with Crippen molar-refractivity contribution in [2.24, 2.45) is 11.1 Å². The van der Waals surface area contributed by atoms with Crippen molar-refractivity contribution in [1.29, 1.82) is 0 Å². The molecule has 0 spiro atoms. The molecular weight excluding hydrogens is 556 g/mol. The third kappa shape index (κ3) is 6.64. The van der Waals surface area contributed by atoms with Crippen LogP contribution in [0.2, 0.25) is 0 Å². The van der Waals surface area contributed by atoms with Crippen LogP contribution in [0.3, 0.4) is 0 Å². The maximum absolute atomic E-state index is 11.1. The van der Waals surface area contributed by atoms with E-state index in [9.17, 15) is 23.7 Å². The molecule has 4 atom stereocenters. The van der Waals surface area contributed by atoms with Gasteiger partial charge < -0.3 is 20.6 Å². The zero-order valence-corrected chi connectivity index (χ0v) is 21.5. The van der Waals surface area contributed by atoms with E-state index in [0.29, 0.717) is 42.2 Å². The van der Waals surface area contributed by atoms with Crippen LogP contribution < -0.4 is 10.5 Å². The summed E-state index contributed by atoms with van der Waals surface area (Å²) in [6.45, 7) is -0.0801. The number of rotatable bonds is 10. The first kappa shape index (κ1) is 26.6. The lowest BCUT2D eigenvalue weighted by molar-refractivity contribution is 0.101. The predicted molar refractivity (Wildman–Crippen MR) is 133 cm³/mol. The highest BCUT2D eigenvalue weighted by atomic mass is 79.9. The lowest BCUT2D eigenvalue weighted by atomic mass is 10.1. The first-order chi connectivity index (χ1) is 17.1. The highest BCUT2D eigenvalue weighted by Crippen LogP contribution is 2.32. The number of nitrogens with two attached hydrogens (primary N) is 1. The van der Waals surface area contributed by atoms with Crippen LogP contribution in [-0.4, -0.2) is 62.2 Å². The lowest BCUT2D eigenvalue weighted by Crippen LogP contribution is -2.24. The number of nitrogens with one attached hydrogen (secondary N) is 1. The smallest absolute Gasteiger partial charge is 0.333 e. The number of anilines is 1. The Morgan fingerprint density at radius 2 is 2.11 bits per heavy atom. The number of hydrogen-bond acceptors (Lipinski definition) is 10. The van der Waals surface area contributed by atoms with Gasteiger partial charge in [0, 0.05) is 28.2 Å². The normalized spacial score (nSPS) is 21.0. The molecule has 1 aliphatic rings. The van der Waals surface area contributed by atoms with E-state index in [-0.39, 0.29) is 19.3 Å². The zero-order valence-electron chi connectivity index (χ0n) is 19.1. The van der Waals surface area contributed by atoms with E-state index in [1.807, 2.05) is 24.3 Å². The molecule has 1 aromatic carbocycles.